The van der Waals surface area contributed by atoms with Gasteiger partial charge in [-0.2, -0.15) is 0 Å². The topological polar surface area (TPSA) is 50.4 Å². The third-order valence-electron chi connectivity index (χ3n) is 3.22. The van der Waals surface area contributed by atoms with Crippen molar-refractivity contribution in [1.29, 1.82) is 0 Å². The van der Waals surface area contributed by atoms with Gasteiger partial charge in [0.15, 0.2) is 11.6 Å². The van der Waals surface area contributed by atoms with Crippen molar-refractivity contribution in [2.75, 3.05) is 19.0 Å². The largest absolute Gasteiger partial charge is 0.497 e. The van der Waals surface area contributed by atoms with Crippen molar-refractivity contribution in [3.05, 3.63) is 59.7 Å². The number of nitrogens with one attached hydrogen (secondary N) is 2. The molecule has 1 amide bonds. The van der Waals surface area contributed by atoms with Crippen LogP contribution < -0.4 is 15.4 Å². The SMILES string of the molecule is COc1ccc(CNCCC(=O)Nc2ccc(F)c(F)c2)cc1. The first kappa shape index (κ1) is 16.9. The fraction of sp³-hybridized carbons (Fsp3) is 0.235. The molecule has 23 heavy (non-hydrogen) atoms. The van der Waals surface area contributed by atoms with E-state index in [4.69, 9.17) is 4.74 Å². The summed E-state index contributed by atoms with van der Waals surface area (Å²) in [6, 6.07) is 10.9. The minimum atomic E-state index is -0.986. The van der Waals surface area contributed by atoms with Crippen LogP contribution in [0.4, 0.5) is 14.5 Å². The Hall–Kier alpha value is -2.47. The first-order valence-electron chi connectivity index (χ1n) is 7.17. The third kappa shape index (κ3) is 5.34. The van der Waals surface area contributed by atoms with Crippen molar-refractivity contribution >= 4 is 11.6 Å². The van der Waals surface area contributed by atoms with Crippen LogP contribution in [-0.2, 0) is 11.3 Å². The molecule has 2 N–H and O–H groups in total. The van der Waals surface area contributed by atoms with Gasteiger partial charge in [0.2, 0.25) is 5.91 Å². The predicted octanol–water partition coefficient (Wildman–Crippen LogP) is 3.09. The van der Waals surface area contributed by atoms with Crippen LogP contribution in [-0.4, -0.2) is 19.6 Å². The van der Waals surface area contributed by atoms with E-state index in [-0.39, 0.29) is 18.0 Å². The molecule has 0 aliphatic heterocycles. The number of carbonyl (C=O) groups is 1. The highest BCUT2D eigenvalue weighted by atomic mass is 19.2. The lowest BCUT2D eigenvalue weighted by Crippen LogP contribution is -2.21. The molecular formula is C17H18F2N2O2. The van der Waals surface area contributed by atoms with Crippen molar-refractivity contribution in [2.45, 2.75) is 13.0 Å². The van der Waals surface area contributed by atoms with E-state index >= 15 is 0 Å². The van der Waals surface area contributed by atoms with Gasteiger partial charge >= 0.3 is 0 Å². The number of benzene rings is 2. The number of hydrogen-bond donors (Lipinski definition) is 2. The summed E-state index contributed by atoms with van der Waals surface area (Å²) in [5.74, 6) is -1.40. The van der Waals surface area contributed by atoms with E-state index in [1.165, 1.54) is 6.07 Å². The molecule has 4 nitrogen and oxygen atoms in total. The summed E-state index contributed by atoms with van der Waals surface area (Å²) in [5, 5.41) is 5.66. The summed E-state index contributed by atoms with van der Waals surface area (Å²) in [6.07, 6.45) is 0.231. The third-order valence-corrected chi connectivity index (χ3v) is 3.22. The Kier molecular flexibility index (Phi) is 6.05. The molecule has 0 saturated carbocycles. The number of rotatable bonds is 7. The van der Waals surface area contributed by atoms with Gasteiger partial charge in [-0.05, 0) is 29.8 Å². The van der Waals surface area contributed by atoms with Crippen LogP contribution in [0.2, 0.25) is 0 Å². The molecule has 122 valence electrons. The van der Waals surface area contributed by atoms with Gasteiger partial charge in [0.1, 0.15) is 5.75 Å². The lowest BCUT2D eigenvalue weighted by atomic mass is 10.2. The van der Waals surface area contributed by atoms with Crippen molar-refractivity contribution < 1.29 is 18.3 Å². The van der Waals surface area contributed by atoms with Gasteiger partial charge < -0.3 is 15.4 Å². The lowest BCUT2D eigenvalue weighted by molar-refractivity contribution is -0.116. The average Bonchev–Trinajstić information content (AvgIpc) is 2.55. The second-order valence-electron chi connectivity index (χ2n) is 4.95. The van der Waals surface area contributed by atoms with Gasteiger partial charge in [-0.3, -0.25) is 4.79 Å². The first-order chi connectivity index (χ1) is 11.1. The highest BCUT2D eigenvalue weighted by Gasteiger charge is 2.06. The van der Waals surface area contributed by atoms with E-state index in [1.807, 2.05) is 24.3 Å². The van der Waals surface area contributed by atoms with Crippen LogP contribution >= 0.6 is 0 Å². The maximum atomic E-state index is 13.0. The lowest BCUT2D eigenvalue weighted by Gasteiger charge is -2.07. The molecule has 0 bridgehead atoms. The molecule has 0 aliphatic carbocycles. The zero-order chi connectivity index (χ0) is 16.7. The van der Waals surface area contributed by atoms with Crippen LogP contribution in [0.25, 0.3) is 0 Å². The van der Waals surface area contributed by atoms with Gasteiger partial charge in [-0.15, -0.1) is 0 Å². The number of halogens is 2. The Labute approximate surface area is 133 Å². The maximum absolute atomic E-state index is 13.0. The molecule has 0 spiro atoms. The standard InChI is InChI=1S/C17H18F2N2O2/c1-23-14-5-2-12(3-6-14)11-20-9-8-17(22)21-13-4-7-15(18)16(19)10-13/h2-7,10,20H,8-9,11H2,1H3,(H,21,22). The summed E-state index contributed by atoms with van der Waals surface area (Å²) in [7, 11) is 1.61. The van der Waals surface area contributed by atoms with E-state index in [2.05, 4.69) is 10.6 Å². The van der Waals surface area contributed by atoms with E-state index in [1.54, 1.807) is 7.11 Å². The number of carbonyl (C=O) groups excluding carboxylic acids is 1. The molecule has 0 heterocycles. The van der Waals surface area contributed by atoms with E-state index in [0.717, 1.165) is 23.4 Å². The molecule has 0 aromatic heterocycles. The molecule has 2 aromatic carbocycles. The van der Waals surface area contributed by atoms with Gasteiger partial charge in [-0.25, -0.2) is 8.78 Å². The average molecular weight is 320 g/mol. The smallest absolute Gasteiger partial charge is 0.225 e. The summed E-state index contributed by atoms with van der Waals surface area (Å²) in [5.41, 5.74) is 1.32. The molecule has 0 aliphatic rings. The fourth-order valence-electron chi connectivity index (χ4n) is 1.98. The van der Waals surface area contributed by atoms with Gasteiger partial charge in [0.05, 0.1) is 7.11 Å². The highest BCUT2D eigenvalue weighted by molar-refractivity contribution is 5.90. The normalized spacial score (nSPS) is 10.4. The Bertz CT molecular complexity index is 660. The van der Waals surface area contributed by atoms with Crippen molar-refractivity contribution in [3.8, 4) is 5.75 Å². The van der Waals surface area contributed by atoms with Crippen LogP contribution in [0.3, 0.4) is 0 Å². The minimum Gasteiger partial charge on any atom is -0.497 e. The predicted molar refractivity (Wildman–Crippen MR) is 84.3 cm³/mol. The van der Waals surface area contributed by atoms with Gasteiger partial charge in [0.25, 0.3) is 0 Å². The van der Waals surface area contributed by atoms with E-state index in [0.29, 0.717) is 13.1 Å². The van der Waals surface area contributed by atoms with Crippen LogP contribution in [0.1, 0.15) is 12.0 Å². The quantitative estimate of drug-likeness (QED) is 0.771. The Balaban J connectivity index is 1.70. The maximum Gasteiger partial charge on any atom is 0.225 e. The molecule has 2 rings (SSSR count). The van der Waals surface area contributed by atoms with Crippen LogP contribution in [0.15, 0.2) is 42.5 Å². The Morgan fingerprint density at radius 3 is 2.48 bits per heavy atom. The van der Waals surface area contributed by atoms with Crippen molar-refractivity contribution in [3.63, 3.8) is 0 Å². The molecule has 0 radical (unpaired) electrons. The Morgan fingerprint density at radius 2 is 1.83 bits per heavy atom. The second kappa shape index (κ2) is 8.24. The number of methoxy groups -OCH3 is 1. The number of ether oxygens (including phenoxy) is 1. The van der Waals surface area contributed by atoms with E-state index < -0.39 is 11.6 Å². The number of anilines is 1. The molecular weight excluding hydrogens is 302 g/mol. The zero-order valence-corrected chi connectivity index (χ0v) is 12.7. The summed E-state index contributed by atoms with van der Waals surface area (Å²) in [6.45, 7) is 1.10. The molecule has 2 aromatic rings. The van der Waals surface area contributed by atoms with Crippen molar-refractivity contribution in [2.24, 2.45) is 0 Å². The Morgan fingerprint density at radius 1 is 1.09 bits per heavy atom. The summed E-state index contributed by atoms with van der Waals surface area (Å²) >= 11 is 0. The second-order valence-corrected chi connectivity index (χ2v) is 4.95. The molecule has 0 unspecified atom stereocenters. The van der Waals surface area contributed by atoms with Crippen molar-refractivity contribution in [1.82, 2.24) is 5.32 Å². The number of amides is 1. The fourth-order valence-corrected chi connectivity index (χ4v) is 1.98. The number of hydrogen-bond acceptors (Lipinski definition) is 3. The first-order valence-corrected chi connectivity index (χ1v) is 7.17. The zero-order valence-electron chi connectivity index (χ0n) is 12.7. The summed E-state index contributed by atoms with van der Waals surface area (Å²) in [4.78, 5) is 11.7. The molecule has 0 saturated heterocycles. The highest BCUT2D eigenvalue weighted by Crippen LogP contribution is 2.13. The summed E-state index contributed by atoms with van der Waals surface area (Å²) < 4.78 is 30.9. The van der Waals surface area contributed by atoms with Gasteiger partial charge in [-0.1, -0.05) is 12.1 Å². The minimum absolute atomic E-state index is 0.231. The molecule has 0 fully saturated rings. The molecule has 6 heteroatoms. The van der Waals surface area contributed by atoms with Gasteiger partial charge in [0, 0.05) is 31.3 Å². The monoisotopic (exact) mass is 320 g/mol. The molecule has 0 atom stereocenters. The van der Waals surface area contributed by atoms with Crippen LogP contribution in [0, 0.1) is 11.6 Å². The van der Waals surface area contributed by atoms with Crippen LogP contribution in [0.5, 0.6) is 5.75 Å². The van der Waals surface area contributed by atoms with E-state index in [9.17, 15) is 13.6 Å².